The number of halogens is 1. The van der Waals surface area contributed by atoms with Gasteiger partial charge in [-0.05, 0) is 27.8 Å². The predicted octanol–water partition coefficient (Wildman–Crippen LogP) is 0.187. The molecule has 0 saturated carbocycles. The van der Waals surface area contributed by atoms with Crippen molar-refractivity contribution in [1.82, 2.24) is 0 Å². The monoisotopic (exact) mass is 208 g/mol. The fourth-order valence-electron chi connectivity index (χ4n) is 0.0685. The third-order valence-electron chi connectivity index (χ3n) is 0.192. The van der Waals surface area contributed by atoms with Crippen molar-refractivity contribution in [3.63, 3.8) is 0 Å². The summed E-state index contributed by atoms with van der Waals surface area (Å²) in [6.45, 7) is 0. The molecule has 0 spiro atoms. The summed E-state index contributed by atoms with van der Waals surface area (Å²) >= 11 is 1.78. The summed E-state index contributed by atoms with van der Waals surface area (Å²) in [5.41, 5.74) is 0. The summed E-state index contributed by atoms with van der Waals surface area (Å²) in [4.78, 5) is 0. The maximum absolute atomic E-state index is 5.01. The van der Waals surface area contributed by atoms with Crippen LogP contribution in [-0.4, -0.2) is 11.5 Å². The summed E-state index contributed by atoms with van der Waals surface area (Å²) < 4.78 is 0.312. The zero-order chi connectivity index (χ0) is 5.70. The minimum atomic E-state index is 0.312. The van der Waals surface area contributed by atoms with E-state index in [1.807, 2.05) is 0 Å². The molecule has 0 unspecified atom stereocenters. The van der Waals surface area contributed by atoms with Gasteiger partial charge in [0.25, 0.3) is 0 Å². The molecule has 2 radical (unpaired) electrons. The second kappa shape index (κ2) is 4.04. The van der Waals surface area contributed by atoms with Gasteiger partial charge in [-0.25, -0.2) is 0 Å². The zero-order valence-corrected chi connectivity index (χ0v) is 5.53. The second-order valence-electron chi connectivity index (χ2n) is 0.628. The molecule has 36 valence electrons. The largest absolute Gasteiger partial charge is 0.303 e. The van der Waals surface area contributed by atoms with E-state index in [1.54, 1.807) is 22.6 Å². The van der Waals surface area contributed by atoms with Crippen LogP contribution in [0.15, 0.2) is 15.5 Å². The molecule has 7 heavy (non-hydrogen) atoms. The number of hydrogen-bond donors (Lipinski definition) is 1. The minimum Gasteiger partial charge on any atom is -0.303 e. The van der Waals surface area contributed by atoms with Crippen LogP contribution >= 0.6 is 22.6 Å². The molecular formula is CH2BIN4. The van der Waals surface area contributed by atoms with Gasteiger partial charge in [-0.15, -0.1) is 5.10 Å². The maximum Gasteiger partial charge on any atom is 0.153 e. The van der Waals surface area contributed by atoms with Gasteiger partial charge in [0, 0.05) is 3.62 Å². The first-order valence-corrected chi connectivity index (χ1v) is 2.44. The summed E-state index contributed by atoms with van der Waals surface area (Å²) in [5.74, 6) is 4.57. The van der Waals surface area contributed by atoms with Gasteiger partial charge in [0.2, 0.25) is 0 Å². The van der Waals surface area contributed by atoms with Crippen LogP contribution in [0.4, 0.5) is 0 Å². The van der Waals surface area contributed by atoms with Gasteiger partial charge >= 0.3 is 0 Å². The van der Waals surface area contributed by atoms with Gasteiger partial charge in [0.05, 0.1) is 0 Å². The molecule has 0 bridgehead atoms. The number of rotatable bonds is 1. The van der Waals surface area contributed by atoms with Crippen LogP contribution in [0.5, 0.6) is 0 Å². The quantitative estimate of drug-likeness (QED) is 0.164. The van der Waals surface area contributed by atoms with Crippen molar-refractivity contribution in [2.45, 2.75) is 0 Å². The van der Waals surface area contributed by atoms with Gasteiger partial charge in [0.1, 0.15) is 0 Å². The van der Waals surface area contributed by atoms with Gasteiger partial charge < -0.3 is 5.84 Å². The first-order chi connectivity index (χ1) is 3.27. The Morgan fingerprint density at radius 2 is 2.29 bits per heavy atom. The Morgan fingerprint density at radius 1 is 1.71 bits per heavy atom. The molecular weight excluding hydrogens is 206 g/mol. The van der Waals surface area contributed by atoms with E-state index in [9.17, 15) is 0 Å². The maximum atomic E-state index is 5.01. The highest BCUT2D eigenvalue weighted by Gasteiger charge is 1.71. The zero-order valence-electron chi connectivity index (χ0n) is 3.37. The van der Waals surface area contributed by atoms with Crippen LogP contribution in [-0.2, 0) is 0 Å². The van der Waals surface area contributed by atoms with Gasteiger partial charge in [-0.3, -0.25) is 0 Å². The lowest BCUT2D eigenvalue weighted by Crippen LogP contribution is -1.79. The Kier molecular flexibility index (Phi) is 3.96. The number of nitrogens with zero attached hydrogens (tertiary/aromatic N) is 3. The highest BCUT2D eigenvalue weighted by Crippen LogP contribution is 1.83. The van der Waals surface area contributed by atoms with E-state index >= 15 is 0 Å². The summed E-state index contributed by atoms with van der Waals surface area (Å²) in [6.07, 6.45) is 0. The van der Waals surface area contributed by atoms with Crippen LogP contribution in [0.2, 0.25) is 0 Å². The highest BCUT2D eigenvalue weighted by atomic mass is 127. The highest BCUT2D eigenvalue weighted by molar-refractivity contribution is 14.1. The van der Waals surface area contributed by atoms with Crippen LogP contribution < -0.4 is 5.84 Å². The summed E-state index contributed by atoms with van der Waals surface area (Å²) in [6, 6.07) is 0. The SMILES string of the molecule is [B]/C(I)=N/N=N\N. The molecule has 2 N–H and O–H groups in total. The van der Waals surface area contributed by atoms with Crippen molar-refractivity contribution in [2.24, 2.45) is 21.4 Å². The molecule has 0 aromatic heterocycles. The Labute approximate surface area is 55.8 Å². The molecule has 0 amide bonds. The average molecular weight is 208 g/mol. The lowest BCUT2D eigenvalue weighted by Gasteiger charge is -1.73. The summed E-state index contributed by atoms with van der Waals surface area (Å²) in [7, 11) is 5.01. The molecule has 0 rings (SSSR count). The van der Waals surface area contributed by atoms with Crippen molar-refractivity contribution in [2.75, 3.05) is 0 Å². The topological polar surface area (TPSA) is 63.1 Å². The smallest absolute Gasteiger partial charge is 0.153 e. The first-order valence-electron chi connectivity index (χ1n) is 1.36. The van der Waals surface area contributed by atoms with E-state index in [0.29, 0.717) is 3.62 Å². The average Bonchev–Trinajstić information content (AvgIpc) is 1.61. The second-order valence-corrected chi connectivity index (χ2v) is 1.73. The Balaban J connectivity index is 3.46. The molecule has 0 aliphatic carbocycles. The Hall–Kier alpha value is -0.135. The molecule has 0 atom stereocenters. The predicted molar refractivity (Wildman–Crippen MR) is 36.3 cm³/mol. The van der Waals surface area contributed by atoms with E-state index < -0.39 is 0 Å². The molecule has 4 nitrogen and oxygen atoms in total. The lowest BCUT2D eigenvalue weighted by atomic mass is 10.2. The van der Waals surface area contributed by atoms with Crippen molar-refractivity contribution in [3.8, 4) is 0 Å². The molecule has 0 aromatic carbocycles. The minimum absolute atomic E-state index is 0.312. The van der Waals surface area contributed by atoms with Crippen LogP contribution in [0, 0.1) is 0 Å². The molecule has 0 fully saturated rings. The van der Waals surface area contributed by atoms with Crippen molar-refractivity contribution < 1.29 is 0 Å². The molecule has 0 aliphatic rings. The van der Waals surface area contributed by atoms with Crippen LogP contribution in [0.3, 0.4) is 0 Å². The summed E-state index contributed by atoms with van der Waals surface area (Å²) in [5, 5.41) is 9.12. The normalized spacial score (nSPS) is 13.0. The number of hydrogen-bond acceptors (Lipinski definition) is 2. The molecule has 0 heterocycles. The fourth-order valence-corrected chi connectivity index (χ4v) is 0.165. The molecule has 0 aliphatic heterocycles. The Bertz CT molecular complexity index is 93.9. The molecule has 0 saturated heterocycles. The third kappa shape index (κ3) is 5.86. The van der Waals surface area contributed by atoms with E-state index in [4.69, 9.17) is 7.85 Å². The van der Waals surface area contributed by atoms with Gasteiger partial charge in [-0.2, -0.15) is 0 Å². The standard InChI is InChI=1S/CH2BIN4/c2-1(3)5-7-6-4/h(H2,4,7)/b5-1-. The van der Waals surface area contributed by atoms with Gasteiger partial charge in [0.15, 0.2) is 7.85 Å². The van der Waals surface area contributed by atoms with E-state index in [0.717, 1.165) is 0 Å². The van der Waals surface area contributed by atoms with Crippen molar-refractivity contribution in [1.29, 1.82) is 0 Å². The van der Waals surface area contributed by atoms with Gasteiger partial charge in [-0.1, -0.05) is 5.22 Å². The first kappa shape index (κ1) is 6.86. The Morgan fingerprint density at radius 3 is 2.43 bits per heavy atom. The van der Waals surface area contributed by atoms with Crippen molar-refractivity contribution >= 4 is 34.1 Å². The van der Waals surface area contributed by atoms with Crippen LogP contribution in [0.25, 0.3) is 0 Å². The van der Waals surface area contributed by atoms with E-state index in [2.05, 4.69) is 21.4 Å². The van der Waals surface area contributed by atoms with E-state index in [1.165, 1.54) is 0 Å². The molecule has 6 heteroatoms. The van der Waals surface area contributed by atoms with E-state index in [-0.39, 0.29) is 0 Å². The van der Waals surface area contributed by atoms with Crippen LogP contribution in [0.1, 0.15) is 0 Å². The molecule has 0 aromatic rings. The fraction of sp³-hybridized carbons (Fsp3) is 0. The lowest BCUT2D eigenvalue weighted by molar-refractivity contribution is 0.962. The number of nitrogens with two attached hydrogens (primary N) is 1. The third-order valence-corrected chi connectivity index (χ3v) is 0.408. The van der Waals surface area contributed by atoms with Crippen molar-refractivity contribution in [3.05, 3.63) is 0 Å².